The predicted octanol–water partition coefficient (Wildman–Crippen LogP) is 4.26. The number of H-pyrrole nitrogens is 1. The average Bonchev–Trinajstić information content (AvgIpc) is 3.57. The standard InChI is InChI=1S/C28H29N5O2/c29-26-22-15-20(11-12-24(22)30-31-26)17-32-14-13-25(34)28(16-23(28)21-9-5-2-6-10-21)33(27(32)35)18-19-7-3-1-4-8-19/h1-12,15,23,25,34H,13-14,16-18H2,(H3,29,30,31)/t23?,25-,28?/m1/s1. The lowest BCUT2D eigenvalue weighted by Gasteiger charge is -2.36. The van der Waals surface area contributed by atoms with Crippen molar-refractivity contribution in [2.75, 3.05) is 12.3 Å². The fourth-order valence-electron chi connectivity index (χ4n) is 5.71. The molecule has 1 spiro atoms. The number of carbonyl (C=O) groups excluding carboxylic acids is 1. The summed E-state index contributed by atoms with van der Waals surface area (Å²) in [4.78, 5) is 17.9. The van der Waals surface area contributed by atoms with E-state index in [9.17, 15) is 9.90 Å². The van der Waals surface area contributed by atoms with Crippen molar-refractivity contribution in [3.8, 4) is 0 Å². The molecule has 2 aliphatic rings. The fourth-order valence-corrected chi connectivity index (χ4v) is 5.71. The van der Waals surface area contributed by atoms with E-state index < -0.39 is 11.6 Å². The molecule has 1 aliphatic heterocycles. The first kappa shape index (κ1) is 21.7. The Morgan fingerprint density at radius 3 is 2.51 bits per heavy atom. The van der Waals surface area contributed by atoms with E-state index in [-0.39, 0.29) is 11.9 Å². The van der Waals surface area contributed by atoms with E-state index >= 15 is 0 Å². The maximum atomic E-state index is 14.1. The second-order valence-corrected chi connectivity index (χ2v) is 9.73. The van der Waals surface area contributed by atoms with E-state index in [4.69, 9.17) is 5.73 Å². The van der Waals surface area contributed by atoms with Gasteiger partial charge in [-0.1, -0.05) is 66.7 Å². The van der Waals surface area contributed by atoms with Gasteiger partial charge in [0, 0.05) is 30.9 Å². The minimum atomic E-state index is -0.600. The van der Waals surface area contributed by atoms with Gasteiger partial charge < -0.3 is 20.6 Å². The van der Waals surface area contributed by atoms with Crippen LogP contribution in [0.2, 0.25) is 0 Å². The predicted molar refractivity (Wildman–Crippen MR) is 135 cm³/mol. The van der Waals surface area contributed by atoms with Gasteiger partial charge in [0.05, 0.1) is 17.2 Å². The van der Waals surface area contributed by atoms with Crippen molar-refractivity contribution in [2.45, 2.75) is 43.5 Å². The van der Waals surface area contributed by atoms with Gasteiger partial charge >= 0.3 is 6.03 Å². The Morgan fingerprint density at radius 2 is 1.74 bits per heavy atom. The van der Waals surface area contributed by atoms with Crippen LogP contribution in [0.1, 0.15) is 35.4 Å². The number of urea groups is 1. The zero-order valence-corrected chi connectivity index (χ0v) is 19.5. The van der Waals surface area contributed by atoms with Crippen molar-refractivity contribution in [3.63, 3.8) is 0 Å². The van der Waals surface area contributed by atoms with Crippen LogP contribution in [0.25, 0.3) is 10.9 Å². The molecule has 7 heteroatoms. The van der Waals surface area contributed by atoms with Crippen LogP contribution in [0, 0.1) is 0 Å². The highest BCUT2D eigenvalue weighted by molar-refractivity contribution is 5.89. The van der Waals surface area contributed by atoms with Crippen LogP contribution in [-0.2, 0) is 13.1 Å². The highest BCUT2D eigenvalue weighted by Gasteiger charge is 2.65. The quantitative estimate of drug-likeness (QED) is 0.408. The van der Waals surface area contributed by atoms with Crippen LogP contribution in [0.3, 0.4) is 0 Å². The number of carbonyl (C=O) groups is 1. The zero-order chi connectivity index (χ0) is 24.0. The maximum Gasteiger partial charge on any atom is 0.321 e. The number of nitrogens with zero attached hydrogens (tertiary/aromatic N) is 3. The molecule has 0 bridgehead atoms. The number of hydrogen-bond donors (Lipinski definition) is 3. The molecule has 3 aromatic carbocycles. The Balaban J connectivity index is 1.35. The Hall–Kier alpha value is -3.84. The summed E-state index contributed by atoms with van der Waals surface area (Å²) in [6.07, 6.45) is 0.704. The number of aliphatic hydroxyl groups excluding tert-OH is 1. The normalized spacial score (nSPS) is 24.2. The molecular weight excluding hydrogens is 438 g/mol. The van der Waals surface area contributed by atoms with Crippen LogP contribution in [0.15, 0.2) is 78.9 Å². The van der Waals surface area contributed by atoms with Gasteiger partial charge in [-0.3, -0.25) is 5.10 Å². The molecule has 7 nitrogen and oxygen atoms in total. The van der Waals surface area contributed by atoms with Crippen molar-refractivity contribution in [2.24, 2.45) is 0 Å². The fraction of sp³-hybridized carbons (Fsp3) is 0.286. The highest BCUT2D eigenvalue weighted by atomic mass is 16.3. The van der Waals surface area contributed by atoms with Crippen molar-refractivity contribution >= 4 is 22.8 Å². The monoisotopic (exact) mass is 467 g/mol. The lowest BCUT2D eigenvalue weighted by atomic mass is 9.97. The van der Waals surface area contributed by atoms with Crippen LogP contribution < -0.4 is 5.73 Å². The van der Waals surface area contributed by atoms with Crippen molar-refractivity contribution in [1.29, 1.82) is 0 Å². The lowest BCUT2D eigenvalue weighted by molar-refractivity contribution is 0.0491. The first-order valence-electron chi connectivity index (χ1n) is 12.1. The Labute approximate surface area is 204 Å². The molecule has 4 aromatic rings. The van der Waals surface area contributed by atoms with Crippen LogP contribution in [0.4, 0.5) is 10.6 Å². The maximum absolute atomic E-state index is 14.1. The molecule has 4 N–H and O–H groups in total. The summed E-state index contributed by atoms with van der Waals surface area (Å²) in [5.74, 6) is 0.571. The first-order valence-corrected chi connectivity index (χ1v) is 12.1. The largest absolute Gasteiger partial charge is 0.391 e. The van der Waals surface area contributed by atoms with Gasteiger partial charge in [0.2, 0.25) is 0 Å². The third-order valence-electron chi connectivity index (χ3n) is 7.64. The lowest BCUT2D eigenvalue weighted by Crippen LogP contribution is -2.51. The van der Waals surface area contributed by atoms with Crippen molar-refractivity contribution < 1.29 is 9.90 Å². The summed E-state index contributed by atoms with van der Waals surface area (Å²) in [5, 5.41) is 19.3. The van der Waals surface area contributed by atoms with E-state index in [1.807, 2.05) is 76.5 Å². The number of nitrogens with two attached hydrogens (primary N) is 1. The van der Waals surface area contributed by atoms with Gasteiger partial charge in [-0.05, 0) is 41.7 Å². The summed E-state index contributed by atoms with van der Waals surface area (Å²) < 4.78 is 0. The summed E-state index contributed by atoms with van der Waals surface area (Å²) in [7, 11) is 0. The minimum Gasteiger partial charge on any atom is -0.391 e. The average molecular weight is 468 g/mol. The molecule has 178 valence electrons. The summed E-state index contributed by atoms with van der Waals surface area (Å²) in [6.45, 7) is 1.40. The number of amides is 2. The molecule has 2 amide bonds. The number of fused-ring (bicyclic) bond motifs is 1. The summed E-state index contributed by atoms with van der Waals surface area (Å²) in [6, 6.07) is 26.2. The van der Waals surface area contributed by atoms with E-state index in [1.54, 1.807) is 0 Å². The number of nitrogens with one attached hydrogen (secondary N) is 1. The molecule has 3 atom stereocenters. The molecule has 1 aromatic heterocycles. The molecule has 2 unspecified atom stereocenters. The molecule has 1 saturated carbocycles. The molecular formula is C28H29N5O2. The van der Waals surface area contributed by atoms with Crippen LogP contribution in [0.5, 0.6) is 0 Å². The Kier molecular flexibility index (Phi) is 5.22. The molecule has 2 fully saturated rings. The van der Waals surface area contributed by atoms with E-state index in [0.717, 1.165) is 28.5 Å². The molecule has 35 heavy (non-hydrogen) atoms. The van der Waals surface area contributed by atoms with Crippen molar-refractivity contribution in [1.82, 2.24) is 20.0 Å². The number of nitrogen functional groups attached to an aromatic ring is 1. The van der Waals surface area contributed by atoms with Gasteiger partial charge in [0.25, 0.3) is 0 Å². The first-order chi connectivity index (χ1) is 17.1. The third-order valence-corrected chi connectivity index (χ3v) is 7.64. The van der Waals surface area contributed by atoms with Crippen LogP contribution >= 0.6 is 0 Å². The van der Waals surface area contributed by atoms with E-state index in [2.05, 4.69) is 22.3 Å². The number of anilines is 1. The number of aliphatic hydroxyl groups is 1. The summed E-state index contributed by atoms with van der Waals surface area (Å²) >= 11 is 0. The number of benzene rings is 3. The van der Waals surface area contributed by atoms with E-state index in [1.165, 1.54) is 5.56 Å². The van der Waals surface area contributed by atoms with Gasteiger partial charge in [0.15, 0.2) is 5.82 Å². The minimum absolute atomic E-state index is 0.0379. The second-order valence-electron chi connectivity index (χ2n) is 9.73. The SMILES string of the molecule is Nc1n[nH]c2ccc(CN3CC[C@@H](O)C4(CC4c4ccccc4)N(Cc4ccccc4)C3=O)cc12. The van der Waals surface area contributed by atoms with Gasteiger partial charge in [-0.2, -0.15) is 5.10 Å². The number of aromatic nitrogens is 2. The molecule has 1 aliphatic carbocycles. The molecule has 2 heterocycles. The van der Waals surface area contributed by atoms with Crippen molar-refractivity contribution in [3.05, 3.63) is 95.6 Å². The van der Waals surface area contributed by atoms with Crippen LogP contribution in [-0.4, -0.2) is 49.3 Å². The smallest absolute Gasteiger partial charge is 0.321 e. The highest BCUT2D eigenvalue weighted by Crippen LogP contribution is 2.59. The number of aromatic amines is 1. The summed E-state index contributed by atoms with van der Waals surface area (Å²) in [5.41, 5.74) is 9.50. The second kappa shape index (κ2) is 8.43. The molecule has 6 rings (SSSR count). The zero-order valence-electron chi connectivity index (χ0n) is 19.5. The molecule has 0 radical (unpaired) electrons. The van der Waals surface area contributed by atoms with E-state index in [0.29, 0.717) is 31.9 Å². The van der Waals surface area contributed by atoms with Gasteiger partial charge in [0.1, 0.15) is 0 Å². The topological polar surface area (TPSA) is 98.5 Å². The van der Waals surface area contributed by atoms with Gasteiger partial charge in [-0.15, -0.1) is 0 Å². The molecule has 1 saturated heterocycles. The Bertz CT molecular complexity index is 1360. The number of rotatable bonds is 5. The Morgan fingerprint density at radius 1 is 1.00 bits per heavy atom. The van der Waals surface area contributed by atoms with Gasteiger partial charge in [-0.25, -0.2) is 4.79 Å². The number of hydrogen-bond acceptors (Lipinski definition) is 4. The third kappa shape index (κ3) is 3.72.